The van der Waals surface area contributed by atoms with Crippen molar-refractivity contribution in [3.8, 4) is 0 Å². The van der Waals surface area contributed by atoms with E-state index < -0.39 is 0 Å². The lowest BCUT2D eigenvalue weighted by Gasteiger charge is -2.32. The molecule has 0 radical (unpaired) electrons. The molecule has 1 atom stereocenters. The van der Waals surface area contributed by atoms with Crippen LogP contribution >= 0.6 is 0 Å². The van der Waals surface area contributed by atoms with Crippen molar-refractivity contribution in [2.45, 2.75) is 12.5 Å². The summed E-state index contributed by atoms with van der Waals surface area (Å²) in [6, 6.07) is 6.11. The van der Waals surface area contributed by atoms with Gasteiger partial charge in [-0.3, -0.25) is 0 Å². The fraction of sp³-hybridized carbons (Fsp3) is 0.417. The number of nitrogens with one attached hydrogen (secondary N) is 1. The molecule has 4 nitrogen and oxygen atoms in total. The maximum Gasteiger partial charge on any atom is 0.317 e. The van der Waals surface area contributed by atoms with Crippen LogP contribution in [0.2, 0.25) is 0 Å². The van der Waals surface area contributed by atoms with Gasteiger partial charge in [-0.2, -0.15) is 0 Å². The molecule has 0 aliphatic carbocycles. The van der Waals surface area contributed by atoms with Crippen LogP contribution in [0.1, 0.15) is 18.0 Å². The summed E-state index contributed by atoms with van der Waals surface area (Å²) in [5.74, 6) is -0.277. The predicted octanol–water partition coefficient (Wildman–Crippen LogP) is 1.24. The Morgan fingerprint density at radius 3 is 3.00 bits per heavy atom. The van der Waals surface area contributed by atoms with Gasteiger partial charge >= 0.3 is 6.03 Å². The van der Waals surface area contributed by atoms with Gasteiger partial charge in [-0.25, -0.2) is 9.18 Å². The first-order valence-corrected chi connectivity index (χ1v) is 5.71. The van der Waals surface area contributed by atoms with Crippen molar-refractivity contribution in [1.29, 1.82) is 0 Å². The Bertz CT molecular complexity index is 410. The van der Waals surface area contributed by atoms with E-state index in [1.165, 1.54) is 12.1 Å². The number of urea groups is 1. The van der Waals surface area contributed by atoms with Crippen molar-refractivity contribution in [2.75, 3.05) is 19.6 Å². The summed E-state index contributed by atoms with van der Waals surface area (Å²) in [5, 5.41) is 2.86. The number of hydrogen-bond donors (Lipinski definition) is 2. The van der Waals surface area contributed by atoms with Crippen LogP contribution in [0, 0.1) is 5.82 Å². The van der Waals surface area contributed by atoms with E-state index in [0.29, 0.717) is 19.6 Å². The molecule has 0 spiro atoms. The molecule has 2 rings (SSSR count). The minimum absolute atomic E-state index is 0.104. The van der Waals surface area contributed by atoms with E-state index in [2.05, 4.69) is 5.32 Å². The average molecular weight is 237 g/mol. The second kappa shape index (κ2) is 5.14. The van der Waals surface area contributed by atoms with E-state index in [9.17, 15) is 9.18 Å². The van der Waals surface area contributed by atoms with Gasteiger partial charge in [0.1, 0.15) is 5.82 Å². The van der Waals surface area contributed by atoms with Crippen molar-refractivity contribution >= 4 is 6.03 Å². The molecule has 1 heterocycles. The zero-order chi connectivity index (χ0) is 12.3. The Morgan fingerprint density at radius 2 is 2.35 bits per heavy atom. The Labute approximate surface area is 99.6 Å². The second-order valence-corrected chi connectivity index (χ2v) is 4.12. The molecular formula is C12H16FN3O. The lowest BCUT2D eigenvalue weighted by molar-refractivity contribution is 0.176. The molecule has 1 aliphatic heterocycles. The van der Waals surface area contributed by atoms with E-state index in [-0.39, 0.29) is 17.9 Å². The minimum Gasteiger partial charge on any atom is -0.331 e. The zero-order valence-corrected chi connectivity index (χ0v) is 9.53. The highest BCUT2D eigenvalue weighted by Crippen LogP contribution is 2.21. The molecule has 1 aromatic carbocycles. The smallest absolute Gasteiger partial charge is 0.317 e. The zero-order valence-electron chi connectivity index (χ0n) is 9.53. The minimum atomic E-state index is -0.277. The standard InChI is InChI=1S/C12H16FN3O/c13-10-3-1-2-9(8-10)11-4-6-16(7-5-14)12(17)15-11/h1-3,8,11H,4-7,14H2,(H,15,17). The van der Waals surface area contributed by atoms with E-state index >= 15 is 0 Å². The molecule has 0 aromatic heterocycles. The second-order valence-electron chi connectivity index (χ2n) is 4.12. The molecule has 3 N–H and O–H groups in total. The maximum absolute atomic E-state index is 13.1. The van der Waals surface area contributed by atoms with Crippen LogP contribution in [0.4, 0.5) is 9.18 Å². The van der Waals surface area contributed by atoms with Gasteiger partial charge in [0.25, 0.3) is 0 Å². The van der Waals surface area contributed by atoms with Gasteiger partial charge in [0.15, 0.2) is 0 Å². The van der Waals surface area contributed by atoms with Crippen LogP contribution in [-0.4, -0.2) is 30.6 Å². The number of rotatable bonds is 3. The topological polar surface area (TPSA) is 58.4 Å². The first kappa shape index (κ1) is 11.9. The first-order chi connectivity index (χ1) is 8.20. The fourth-order valence-corrected chi connectivity index (χ4v) is 2.04. The number of nitrogens with two attached hydrogens (primary N) is 1. The largest absolute Gasteiger partial charge is 0.331 e. The molecule has 1 aromatic rings. The van der Waals surface area contributed by atoms with Gasteiger partial charge in [-0.1, -0.05) is 12.1 Å². The number of halogens is 1. The summed E-state index contributed by atoms with van der Waals surface area (Å²) >= 11 is 0. The van der Waals surface area contributed by atoms with Gasteiger partial charge < -0.3 is 16.0 Å². The average Bonchev–Trinajstić information content (AvgIpc) is 2.32. The number of carbonyl (C=O) groups is 1. The third kappa shape index (κ3) is 2.74. The van der Waals surface area contributed by atoms with Gasteiger partial charge in [0.05, 0.1) is 6.04 Å². The van der Waals surface area contributed by atoms with Gasteiger partial charge in [-0.15, -0.1) is 0 Å². The summed E-state index contributed by atoms with van der Waals surface area (Å²) in [4.78, 5) is 13.4. The van der Waals surface area contributed by atoms with Crippen LogP contribution in [0.5, 0.6) is 0 Å². The third-order valence-electron chi connectivity index (χ3n) is 2.92. The lowest BCUT2D eigenvalue weighted by Crippen LogP contribution is -2.49. The highest BCUT2D eigenvalue weighted by atomic mass is 19.1. The van der Waals surface area contributed by atoms with Crippen molar-refractivity contribution in [3.05, 3.63) is 35.6 Å². The molecule has 5 heteroatoms. The summed E-state index contributed by atoms with van der Waals surface area (Å²) in [7, 11) is 0. The summed E-state index contributed by atoms with van der Waals surface area (Å²) in [5.41, 5.74) is 6.23. The third-order valence-corrected chi connectivity index (χ3v) is 2.92. The first-order valence-electron chi connectivity index (χ1n) is 5.71. The Morgan fingerprint density at radius 1 is 1.53 bits per heavy atom. The molecule has 1 fully saturated rings. The summed E-state index contributed by atoms with van der Waals surface area (Å²) in [6.45, 7) is 1.67. The molecule has 1 saturated heterocycles. The van der Waals surface area contributed by atoms with Crippen molar-refractivity contribution < 1.29 is 9.18 Å². The quantitative estimate of drug-likeness (QED) is 0.831. The van der Waals surface area contributed by atoms with Crippen LogP contribution < -0.4 is 11.1 Å². The van der Waals surface area contributed by atoms with Crippen molar-refractivity contribution in [2.24, 2.45) is 5.73 Å². The van der Waals surface area contributed by atoms with Crippen LogP contribution in [0.25, 0.3) is 0 Å². The molecule has 0 bridgehead atoms. The van der Waals surface area contributed by atoms with E-state index in [4.69, 9.17) is 5.73 Å². The monoisotopic (exact) mass is 237 g/mol. The fourth-order valence-electron chi connectivity index (χ4n) is 2.04. The number of carbonyl (C=O) groups excluding carboxylic acids is 1. The Hall–Kier alpha value is -1.62. The van der Waals surface area contributed by atoms with Crippen molar-refractivity contribution in [1.82, 2.24) is 10.2 Å². The van der Waals surface area contributed by atoms with Gasteiger partial charge in [0, 0.05) is 19.6 Å². The summed E-state index contributed by atoms with van der Waals surface area (Å²) < 4.78 is 13.1. The normalized spacial score (nSPS) is 20.2. The lowest BCUT2D eigenvalue weighted by atomic mass is 10.0. The predicted molar refractivity (Wildman–Crippen MR) is 62.9 cm³/mol. The number of benzene rings is 1. The number of nitrogens with zero attached hydrogens (tertiary/aromatic N) is 1. The van der Waals surface area contributed by atoms with Crippen LogP contribution in [0.3, 0.4) is 0 Å². The van der Waals surface area contributed by atoms with Crippen LogP contribution in [-0.2, 0) is 0 Å². The molecule has 1 unspecified atom stereocenters. The van der Waals surface area contributed by atoms with Crippen LogP contribution in [0.15, 0.2) is 24.3 Å². The highest BCUT2D eigenvalue weighted by Gasteiger charge is 2.25. The maximum atomic E-state index is 13.1. The Kier molecular flexibility index (Phi) is 3.58. The van der Waals surface area contributed by atoms with Gasteiger partial charge in [0.2, 0.25) is 0 Å². The molecule has 92 valence electrons. The SMILES string of the molecule is NCCN1CCC(c2cccc(F)c2)NC1=O. The van der Waals surface area contributed by atoms with Crippen molar-refractivity contribution in [3.63, 3.8) is 0 Å². The van der Waals surface area contributed by atoms with E-state index in [1.54, 1.807) is 11.0 Å². The molecule has 17 heavy (non-hydrogen) atoms. The Balaban J connectivity index is 2.04. The number of hydrogen-bond acceptors (Lipinski definition) is 2. The molecule has 0 saturated carbocycles. The highest BCUT2D eigenvalue weighted by molar-refractivity contribution is 5.75. The van der Waals surface area contributed by atoms with Gasteiger partial charge in [-0.05, 0) is 24.1 Å². The number of amides is 2. The molecular weight excluding hydrogens is 221 g/mol. The van der Waals surface area contributed by atoms with E-state index in [0.717, 1.165) is 12.0 Å². The summed E-state index contributed by atoms with van der Waals surface area (Å²) in [6.07, 6.45) is 0.773. The molecule has 1 aliphatic rings. The van der Waals surface area contributed by atoms with E-state index in [1.807, 2.05) is 6.07 Å². The molecule has 2 amide bonds.